The second-order valence-corrected chi connectivity index (χ2v) is 7.42. The first-order valence-electron chi connectivity index (χ1n) is 8.53. The van der Waals surface area contributed by atoms with Crippen LogP contribution in [0.15, 0.2) is 48.0 Å². The number of aliphatic carboxylic acids is 1. The SMILES string of the molecule is C[C@@H](Oc1ccc(/C=C2\C(=O)NC(=S)N(c3ccc(Cl)c(Cl)c3)C2=O)cc1)C(=O)O. The molecule has 1 aliphatic heterocycles. The number of carboxylic acid groups (broad SMARTS) is 1. The van der Waals surface area contributed by atoms with Gasteiger partial charge in [0.1, 0.15) is 11.3 Å². The third-order valence-electron chi connectivity index (χ3n) is 4.11. The lowest BCUT2D eigenvalue weighted by Crippen LogP contribution is -2.54. The predicted octanol–water partition coefficient (Wildman–Crippen LogP) is 3.68. The second kappa shape index (κ2) is 8.83. The van der Waals surface area contributed by atoms with Crippen LogP contribution in [0.4, 0.5) is 5.69 Å². The number of rotatable bonds is 5. The van der Waals surface area contributed by atoms with Crippen molar-refractivity contribution in [3.63, 3.8) is 0 Å². The molecule has 30 heavy (non-hydrogen) atoms. The fourth-order valence-corrected chi connectivity index (χ4v) is 3.15. The van der Waals surface area contributed by atoms with Gasteiger partial charge in [-0.05, 0) is 61.1 Å². The van der Waals surface area contributed by atoms with Crippen LogP contribution in [-0.4, -0.2) is 34.1 Å². The van der Waals surface area contributed by atoms with Crippen molar-refractivity contribution in [2.45, 2.75) is 13.0 Å². The molecule has 1 aliphatic rings. The number of nitrogens with one attached hydrogen (secondary N) is 1. The lowest BCUT2D eigenvalue weighted by molar-refractivity contribution is -0.144. The lowest BCUT2D eigenvalue weighted by Gasteiger charge is -2.29. The quantitative estimate of drug-likeness (QED) is 0.398. The molecule has 1 saturated heterocycles. The zero-order chi connectivity index (χ0) is 22.0. The largest absolute Gasteiger partial charge is 0.479 e. The van der Waals surface area contributed by atoms with Crippen LogP contribution in [-0.2, 0) is 14.4 Å². The van der Waals surface area contributed by atoms with Crippen molar-refractivity contribution in [2.75, 3.05) is 4.90 Å². The van der Waals surface area contributed by atoms with E-state index in [0.717, 1.165) is 4.90 Å². The highest BCUT2D eigenvalue weighted by Gasteiger charge is 2.34. The predicted molar refractivity (Wildman–Crippen MR) is 117 cm³/mol. The zero-order valence-electron chi connectivity index (χ0n) is 15.4. The van der Waals surface area contributed by atoms with E-state index in [1.165, 1.54) is 25.1 Å². The van der Waals surface area contributed by atoms with E-state index >= 15 is 0 Å². The molecule has 1 atom stereocenters. The third-order valence-corrected chi connectivity index (χ3v) is 5.14. The maximum atomic E-state index is 13.0. The van der Waals surface area contributed by atoms with E-state index in [1.807, 2.05) is 0 Å². The number of ether oxygens (including phenoxy) is 1. The highest BCUT2D eigenvalue weighted by molar-refractivity contribution is 7.80. The van der Waals surface area contributed by atoms with Crippen LogP contribution in [0.5, 0.6) is 5.75 Å². The number of carbonyl (C=O) groups excluding carboxylic acids is 2. The van der Waals surface area contributed by atoms with E-state index in [4.69, 9.17) is 45.3 Å². The zero-order valence-corrected chi connectivity index (χ0v) is 17.7. The molecule has 2 aromatic rings. The summed E-state index contributed by atoms with van der Waals surface area (Å²) in [6.45, 7) is 1.41. The summed E-state index contributed by atoms with van der Waals surface area (Å²) in [5, 5.41) is 11.8. The van der Waals surface area contributed by atoms with Crippen LogP contribution in [0.25, 0.3) is 6.08 Å². The Labute approximate surface area is 186 Å². The van der Waals surface area contributed by atoms with E-state index in [0.29, 0.717) is 22.0 Å². The number of carboxylic acids is 1. The monoisotopic (exact) mass is 464 g/mol. The van der Waals surface area contributed by atoms with Crippen LogP contribution in [0.1, 0.15) is 12.5 Å². The third kappa shape index (κ3) is 4.62. The molecule has 0 saturated carbocycles. The van der Waals surface area contributed by atoms with Crippen molar-refractivity contribution in [2.24, 2.45) is 0 Å². The Morgan fingerprint density at radius 3 is 2.43 bits per heavy atom. The summed E-state index contributed by atoms with van der Waals surface area (Å²) in [6.07, 6.45) is 0.384. The average Bonchev–Trinajstić information content (AvgIpc) is 2.69. The fraction of sp³-hybridized carbons (Fsp3) is 0.100. The first-order valence-corrected chi connectivity index (χ1v) is 9.70. The summed E-state index contributed by atoms with van der Waals surface area (Å²) in [5.74, 6) is -2.02. The van der Waals surface area contributed by atoms with Gasteiger partial charge in [-0.25, -0.2) is 4.79 Å². The molecular weight excluding hydrogens is 451 g/mol. The van der Waals surface area contributed by atoms with E-state index in [1.54, 1.807) is 30.3 Å². The Balaban J connectivity index is 1.88. The molecule has 0 aliphatic carbocycles. The van der Waals surface area contributed by atoms with Crippen LogP contribution < -0.4 is 15.0 Å². The van der Waals surface area contributed by atoms with Gasteiger partial charge in [-0.3, -0.25) is 19.8 Å². The molecule has 0 unspecified atom stereocenters. The van der Waals surface area contributed by atoms with Gasteiger partial charge in [0.2, 0.25) is 0 Å². The number of thiocarbonyl (C=S) groups is 1. The van der Waals surface area contributed by atoms with Crippen molar-refractivity contribution in [3.8, 4) is 5.75 Å². The van der Waals surface area contributed by atoms with Gasteiger partial charge in [0.15, 0.2) is 11.2 Å². The summed E-state index contributed by atoms with van der Waals surface area (Å²) in [5.41, 5.74) is 0.754. The minimum Gasteiger partial charge on any atom is -0.479 e. The Hall–Kier alpha value is -2.94. The minimum atomic E-state index is -1.09. The minimum absolute atomic E-state index is 0.0769. The first-order chi connectivity index (χ1) is 14.2. The van der Waals surface area contributed by atoms with E-state index in [-0.39, 0.29) is 15.7 Å². The molecule has 2 amide bonds. The molecule has 2 aromatic carbocycles. The van der Waals surface area contributed by atoms with Gasteiger partial charge in [-0.1, -0.05) is 35.3 Å². The molecule has 3 rings (SSSR count). The maximum absolute atomic E-state index is 13.0. The van der Waals surface area contributed by atoms with E-state index in [2.05, 4.69) is 5.32 Å². The average molecular weight is 465 g/mol. The first kappa shape index (κ1) is 21.8. The highest BCUT2D eigenvalue weighted by atomic mass is 35.5. The topological polar surface area (TPSA) is 95.9 Å². The van der Waals surface area contributed by atoms with Crippen molar-refractivity contribution in [1.82, 2.24) is 5.32 Å². The molecular formula is C20H14Cl2N2O5S. The number of benzene rings is 2. The summed E-state index contributed by atoms with van der Waals surface area (Å²) in [6, 6.07) is 10.8. The normalized spacial score (nSPS) is 16.4. The van der Waals surface area contributed by atoms with Crippen molar-refractivity contribution in [1.29, 1.82) is 0 Å². The smallest absolute Gasteiger partial charge is 0.344 e. The van der Waals surface area contributed by atoms with Crippen LogP contribution in [0.2, 0.25) is 10.0 Å². The number of anilines is 1. The number of halogens is 2. The molecule has 0 aromatic heterocycles. The van der Waals surface area contributed by atoms with Gasteiger partial charge in [-0.2, -0.15) is 0 Å². The summed E-state index contributed by atoms with van der Waals surface area (Å²) < 4.78 is 5.26. The molecule has 154 valence electrons. The Kier molecular flexibility index (Phi) is 6.40. The molecule has 0 radical (unpaired) electrons. The molecule has 0 bridgehead atoms. The molecule has 7 nitrogen and oxygen atoms in total. The molecule has 0 spiro atoms. The Bertz CT molecular complexity index is 1090. The lowest BCUT2D eigenvalue weighted by atomic mass is 10.1. The van der Waals surface area contributed by atoms with Gasteiger partial charge < -0.3 is 9.84 Å². The van der Waals surface area contributed by atoms with Crippen LogP contribution in [0, 0.1) is 0 Å². The molecule has 1 fully saturated rings. The van der Waals surface area contributed by atoms with Crippen molar-refractivity contribution in [3.05, 3.63) is 63.6 Å². The van der Waals surface area contributed by atoms with Gasteiger partial charge in [0.05, 0.1) is 15.7 Å². The molecule has 10 heteroatoms. The highest BCUT2D eigenvalue weighted by Crippen LogP contribution is 2.29. The van der Waals surface area contributed by atoms with Crippen LogP contribution >= 0.6 is 35.4 Å². The van der Waals surface area contributed by atoms with Gasteiger partial charge >= 0.3 is 5.97 Å². The summed E-state index contributed by atoms with van der Waals surface area (Å²) in [4.78, 5) is 37.4. The standard InChI is InChI=1S/C20H14Cl2N2O5S/c1-10(19(27)28)29-13-5-2-11(3-6-13)8-14-17(25)23-20(30)24(18(14)26)12-4-7-15(21)16(22)9-12/h2-10H,1H3,(H,27,28)(H,23,25,30)/b14-8+/t10-/m1/s1. The number of hydrogen-bond donors (Lipinski definition) is 2. The van der Waals surface area contributed by atoms with E-state index < -0.39 is 23.9 Å². The number of hydrogen-bond acceptors (Lipinski definition) is 5. The fourth-order valence-electron chi connectivity index (χ4n) is 2.58. The van der Waals surface area contributed by atoms with Crippen molar-refractivity contribution < 1.29 is 24.2 Å². The Morgan fingerprint density at radius 1 is 1.17 bits per heavy atom. The number of amides is 2. The van der Waals surface area contributed by atoms with Gasteiger partial charge in [0.25, 0.3) is 11.8 Å². The molecule has 1 heterocycles. The number of nitrogens with zero attached hydrogens (tertiary/aromatic N) is 1. The van der Waals surface area contributed by atoms with Gasteiger partial charge in [0, 0.05) is 0 Å². The number of carbonyl (C=O) groups is 3. The molecule has 2 N–H and O–H groups in total. The van der Waals surface area contributed by atoms with Gasteiger partial charge in [-0.15, -0.1) is 0 Å². The maximum Gasteiger partial charge on any atom is 0.344 e. The van der Waals surface area contributed by atoms with Crippen molar-refractivity contribution >= 4 is 70.1 Å². The summed E-state index contributed by atoms with van der Waals surface area (Å²) >= 11 is 17.1. The van der Waals surface area contributed by atoms with E-state index in [9.17, 15) is 14.4 Å². The second-order valence-electron chi connectivity index (χ2n) is 6.22. The Morgan fingerprint density at radius 2 is 1.83 bits per heavy atom. The summed E-state index contributed by atoms with van der Waals surface area (Å²) in [7, 11) is 0. The van der Waals surface area contributed by atoms with Crippen LogP contribution in [0.3, 0.4) is 0 Å².